The van der Waals surface area contributed by atoms with Crippen LogP contribution in [0.5, 0.6) is 0 Å². The monoisotopic (exact) mass is 204 g/mol. The topological polar surface area (TPSA) is 6.48 Å². The summed E-state index contributed by atoms with van der Waals surface area (Å²) in [5.41, 5.74) is 0.374. The van der Waals surface area contributed by atoms with Crippen LogP contribution >= 0.6 is 0 Å². The van der Waals surface area contributed by atoms with E-state index in [2.05, 4.69) is 18.7 Å². The third kappa shape index (κ3) is 1.77. The Bertz CT molecular complexity index is 204. The van der Waals surface area contributed by atoms with Crippen LogP contribution in [-0.2, 0) is 0 Å². The molecular formula is C10H18F2N2. The summed E-state index contributed by atoms with van der Waals surface area (Å²) in [6.45, 7) is 8.28. The van der Waals surface area contributed by atoms with E-state index in [0.29, 0.717) is 11.5 Å². The van der Waals surface area contributed by atoms with Crippen LogP contribution in [0.25, 0.3) is 0 Å². The van der Waals surface area contributed by atoms with Crippen molar-refractivity contribution >= 4 is 0 Å². The zero-order valence-electron chi connectivity index (χ0n) is 8.84. The quantitative estimate of drug-likeness (QED) is 0.683. The molecule has 4 heteroatoms. The first-order valence-corrected chi connectivity index (χ1v) is 5.25. The Morgan fingerprint density at radius 3 is 2.14 bits per heavy atom. The molecule has 2 heterocycles. The molecule has 0 unspecified atom stereocenters. The molecule has 2 rings (SSSR count). The van der Waals surface area contributed by atoms with Crippen molar-refractivity contribution in [2.75, 3.05) is 32.7 Å². The van der Waals surface area contributed by atoms with E-state index in [1.807, 2.05) is 4.90 Å². The molecule has 0 radical (unpaired) electrons. The number of alkyl halides is 2. The SMILES string of the molecule is CC(C)N1CC2(CN(CC(F)F)C2)C1. The molecule has 0 aromatic carbocycles. The summed E-state index contributed by atoms with van der Waals surface area (Å²) in [5.74, 6) is 0. The summed E-state index contributed by atoms with van der Waals surface area (Å²) < 4.78 is 24.1. The largest absolute Gasteiger partial charge is 0.300 e. The average molecular weight is 204 g/mol. The third-order valence-electron chi connectivity index (χ3n) is 3.32. The van der Waals surface area contributed by atoms with E-state index in [-0.39, 0.29) is 6.54 Å². The van der Waals surface area contributed by atoms with Crippen molar-refractivity contribution in [2.45, 2.75) is 26.3 Å². The molecule has 1 spiro atoms. The summed E-state index contributed by atoms with van der Waals surface area (Å²) in [6.07, 6.45) is -2.17. The van der Waals surface area contributed by atoms with Gasteiger partial charge in [0.2, 0.25) is 0 Å². The highest BCUT2D eigenvalue weighted by Crippen LogP contribution is 2.40. The molecule has 2 aliphatic rings. The van der Waals surface area contributed by atoms with Crippen molar-refractivity contribution in [3.05, 3.63) is 0 Å². The van der Waals surface area contributed by atoms with Crippen LogP contribution in [-0.4, -0.2) is 55.0 Å². The number of hydrogen-bond donors (Lipinski definition) is 0. The van der Waals surface area contributed by atoms with Gasteiger partial charge in [-0.05, 0) is 13.8 Å². The Morgan fingerprint density at radius 1 is 1.14 bits per heavy atom. The predicted octanol–water partition coefficient (Wildman–Crippen LogP) is 1.28. The van der Waals surface area contributed by atoms with Crippen molar-refractivity contribution in [1.29, 1.82) is 0 Å². The van der Waals surface area contributed by atoms with Gasteiger partial charge >= 0.3 is 0 Å². The minimum atomic E-state index is -2.17. The second-order valence-electron chi connectivity index (χ2n) is 5.06. The Labute approximate surface area is 83.9 Å². The van der Waals surface area contributed by atoms with E-state index in [1.165, 1.54) is 0 Å². The molecule has 2 fully saturated rings. The van der Waals surface area contributed by atoms with Crippen LogP contribution in [0.3, 0.4) is 0 Å². The van der Waals surface area contributed by atoms with Crippen molar-refractivity contribution < 1.29 is 8.78 Å². The lowest BCUT2D eigenvalue weighted by Crippen LogP contribution is -2.73. The van der Waals surface area contributed by atoms with Crippen LogP contribution in [0.1, 0.15) is 13.8 Å². The first-order valence-electron chi connectivity index (χ1n) is 5.25. The van der Waals surface area contributed by atoms with E-state index in [4.69, 9.17) is 0 Å². The molecule has 82 valence electrons. The van der Waals surface area contributed by atoms with Gasteiger partial charge in [0.05, 0.1) is 6.54 Å². The van der Waals surface area contributed by atoms with Gasteiger partial charge in [0.25, 0.3) is 6.43 Å². The first kappa shape index (κ1) is 10.3. The van der Waals surface area contributed by atoms with Crippen LogP contribution < -0.4 is 0 Å². The van der Waals surface area contributed by atoms with E-state index in [1.54, 1.807) is 0 Å². The summed E-state index contributed by atoms with van der Waals surface area (Å²) in [4.78, 5) is 4.27. The van der Waals surface area contributed by atoms with Crippen LogP contribution in [0.15, 0.2) is 0 Å². The minimum Gasteiger partial charge on any atom is -0.300 e. The van der Waals surface area contributed by atoms with Gasteiger partial charge < -0.3 is 0 Å². The van der Waals surface area contributed by atoms with Gasteiger partial charge in [-0.3, -0.25) is 9.80 Å². The van der Waals surface area contributed by atoms with Gasteiger partial charge in [-0.25, -0.2) is 8.78 Å². The maximum Gasteiger partial charge on any atom is 0.251 e. The van der Waals surface area contributed by atoms with Crippen molar-refractivity contribution in [3.8, 4) is 0 Å². The molecule has 0 N–H and O–H groups in total. The van der Waals surface area contributed by atoms with E-state index >= 15 is 0 Å². The Morgan fingerprint density at radius 2 is 1.71 bits per heavy atom. The van der Waals surface area contributed by atoms with E-state index in [0.717, 1.165) is 26.2 Å². The van der Waals surface area contributed by atoms with Gasteiger partial charge in [-0.1, -0.05) is 0 Å². The fourth-order valence-electron chi connectivity index (χ4n) is 2.61. The number of likely N-dealkylation sites (tertiary alicyclic amines) is 2. The van der Waals surface area contributed by atoms with Crippen LogP contribution in [0, 0.1) is 5.41 Å². The van der Waals surface area contributed by atoms with Crippen LogP contribution in [0.4, 0.5) is 8.78 Å². The summed E-state index contributed by atoms with van der Waals surface area (Å²) in [7, 11) is 0. The highest BCUT2D eigenvalue weighted by Gasteiger charge is 2.52. The minimum absolute atomic E-state index is 0.0383. The highest BCUT2D eigenvalue weighted by molar-refractivity contribution is 5.06. The molecule has 0 saturated carbocycles. The maximum atomic E-state index is 12.0. The Kier molecular flexibility index (Phi) is 2.52. The zero-order chi connectivity index (χ0) is 10.3. The maximum absolute atomic E-state index is 12.0. The number of rotatable bonds is 3. The molecule has 2 saturated heterocycles. The molecule has 0 aliphatic carbocycles. The predicted molar refractivity (Wildman–Crippen MR) is 51.6 cm³/mol. The molecule has 0 amide bonds. The molecule has 2 nitrogen and oxygen atoms in total. The van der Waals surface area contributed by atoms with Crippen molar-refractivity contribution in [3.63, 3.8) is 0 Å². The van der Waals surface area contributed by atoms with Crippen molar-refractivity contribution in [2.24, 2.45) is 5.41 Å². The lowest BCUT2D eigenvalue weighted by molar-refractivity contribution is -0.135. The first-order chi connectivity index (χ1) is 6.51. The average Bonchev–Trinajstić information content (AvgIpc) is 1.89. The van der Waals surface area contributed by atoms with Crippen LogP contribution in [0.2, 0.25) is 0 Å². The fraction of sp³-hybridized carbons (Fsp3) is 1.00. The molecule has 0 aromatic heterocycles. The molecule has 0 atom stereocenters. The van der Waals surface area contributed by atoms with Gasteiger partial charge in [-0.15, -0.1) is 0 Å². The smallest absolute Gasteiger partial charge is 0.251 e. The number of hydrogen-bond acceptors (Lipinski definition) is 2. The van der Waals surface area contributed by atoms with Gasteiger partial charge in [0.15, 0.2) is 0 Å². The second-order valence-corrected chi connectivity index (χ2v) is 5.06. The molecule has 0 bridgehead atoms. The lowest BCUT2D eigenvalue weighted by Gasteiger charge is -2.61. The van der Waals surface area contributed by atoms with Gasteiger partial charge in [-0.2, -0.15) is 0 Å². The summed E-state index contributed by atoms with van der Waals surface area (Å²) >= 11 is 0. The Balaban J connectivity index is 1.69. The lowest BCUT2D eigenvalue weighted by atomic mass is 9.72. The van der Waals surface area contributed by atoms with E-state index < -0.39 is 6.43 Å². The number of nitrogens with zero attached hydrogens (tertiary/aromatic N) is 2. The Hall–Kier alpha value is -0.220. The highest BCUT2D eigenvalue weighted by atomic mass is 19.3. The fourth-order valence-corrected chi connectivity index (χ4v) is 2.61. The van der Waals surface area contributed by atoms with Gasteiger partial charge in [0.1, 0.15) is 0 Å². The molecular weight excluding hydrogens is 186 g/mol. The molecule has 0 aromatic rings. The molecule has 14 heavy (non-hydrogen) atoms. The standard InChI is InChI=1S/C10H18F2N2/c1-8(2)14-6-10(7-14)4-13(5-10)3-9(11)12/h8-9H,3-7H2,1-2H3. The summed E-state index contributed by atoms with van der Waals surface area (Å²) in [5, 5.41) is 0. The second kappa shape index (κ2) is 3.42. The molecule has 2 aliphatic heterocycles. The zero-order valence-corrected chi connectivity index (χ0v) is 8.84. The van der Waals surface area contributed by atoms with Crippen molar-refractivity contribution in [1.82, 2.24) is 9.80 Å². The summed E-state index contributed by atoms with van der Waals surface area (Å²) in [6, 6.07) is 0.602. The van der Waals surface area contributed by atoms with Gasteiger partial charge in [0, 0.05) is 37.6 Å². The third-order valence-corrected chi connectivity index (χ3v) is 3.32. The normalized spacial score (nSPS) is 27.0. The van der Waals surface area contributed by atoms with E-state index in [9.17, 15) is 8.78 Å². The number of halogens is 2.